The summed E-state index contributed by atoms with van der Waals surface area (Å²) in [5.74, 6) is -0.943. The average Bonchev–Trinajstić information content (AvgIpc) is 3.57. The van der Waals surface area contributed by atoms with Crippen LogP contribution in [0.2, 0.25) is 5.02 Å². The number of nitrogens with one attached hydrogen (secondary N) is 3. The molecule has 0 aliphatic heterocycles. The van der Waals surface area contributed by atoms with Gasteiger partial charge in [0.25, 0.3) is 5.91 Å². The van der Waals surface area contributed by atoms with E-state index in [0.29, 0.717) is 10.7 Å². The topological polar surface area (TPSA) is 135 Å². The summed E-state index contributed by atoms with van der Waals surface area (Å²) >= 11 is 5.97. The van der Waals surface area contributed by atoms with Gasteiger partial charge in [-0.1, -0.05) is 23.7 Å². The number of alkyl halides is 3. The molecule has 10 nitrogen and oxygen atoms in total. The molecule has 1 amide bonds. The molecule has 0 radical (unpaired) electrons. The number of benzene rings is 2. The number of halogens is 4. The number of rotatable bonds is 9. The first-order chi connectivity index (χ1) is 17.3. The molecule has 1 fully saturated rings. The number of carbonyl (C=O) groups is 1. The molecule has 1 saturated carbocycles. The second-order valence-electron chi connectivity index (χ2n) is 8.29. The second kappa shape index (κ2) is 10.0. The fourth-order valence-corrected chi connectivity index (χ4v) is 3.91. The zero-order chi connectivity index (χ0) is 26.8. The lowest BCUT2D eigenvalue weighted by Gasteiger charge is -2.19. The van der Waals surface area contributed by atoms with E-state index in [0.717, 1.165) is 24.7 Å². The van der Waals surface area contributed by atoms with E-state index in [9.17, 15) is 26.4 Å². The van der Waals surface area contributed by atoms with Crippen LogP contribution in [0.15, 0.2) is 48.5 Å². The summed E-state index contributed by atoms with van der Waals surface area (Å²) in [5, 5.41) is 6.54. The normalized spacial score (nSPS) is 14.5. The number of aromatic nitrogens is 3. The Labute approximate surface area is 214 Å². The molecule has 1 aliphatic carbocycles. The Morgan fingerprint density at radius 3 is 2.22 bits per heavy atom. The van der Waals surface area contributed by atoms with Gasteiger partial charge in [-0.3, -0.25) is 4.79 Å². The Balaban J connectivity index is 1.56. The molecule has 3 N–H and O–H groups in total. The van der Waals surface area contributed by atoms with E-state index >= 15 is 0 Å². The van der Waals surface area contributed by atoms with Crippen LogP contribution in [0.3, 0.4) is 0 Å². The van der Waals surface area contributed by atoms with Gasteiger partial charge in [0.15, 0.2) is 6.61 Å². The Kier molecular flexibility index (Phi) is 7.15. The van der Waals surface area contributed by atoms with Crippen LogP contribution in [-0.4, -0.2) is 48.3 Å². The minimum Gasteiger partial charge on any atom is -0.454 e. The third-order valence-electron chi connectivity index (χ3n) is 5.16. The van der Waals surface area contributed by atoms with Crippen LogP contribution in [-0.2, 0) is 15.6 Å². The van der Waals surface area contributed by atoms with Crippen molar-refractivity contribution < 1.29 is 31.1 Å². The average molecular weight is 557 g/mol. The number of carbonyl (C=O) groups excluding carboxylic acids is 1. The number of amides is 1. The first kappa shape index (κ1) is 26.4. The first-order valence-corrected chi connectivity index (χ1v) is 13.0. The SMILES string of the molecule is CS(=O)(=O)NC(=O)c1ccc(Nc2nc(NC3(c4ccc(Cl)cc4)CC3)nc(OCC(F)(F)F)n2)cc1. The van der Waals surface area contributed by atoms with E-state index in [-0.39, 0.29) is 17.5 Å². The van der Waals surface area contributed by atoms with Crippen LogP contribution < -0.4 is 20.1 Å². The Morgan fingerprint density at radius 1 is 1.03 bits per heavy atom. The maximum atomic E-state index is 12.7. The molecule has 0 saturated heterocycles. The van der Waals surface area contributed by atoms with Crippen molar-refractivity contribution in [3.8, 4) is 6.01 Å². The van der Waals surface area contributed by atoms with Crippen molar-refractivity contribution >= 4 is 45.1 Å². The molecule has 37 heavy (non-hydrogen) atoms. The van der Waals surface area contributed by atoms with E-state index in [1.165, 1.54) is 24.3 Å². The molecule has 196 valence electrons. The predicted octanol–water partition coefficient (Wildman–Crippen LogP) is 4.00. The molecular formula is C22H20ClF3N6O4S. The highest BCUT2D eigenvalue weighted by Gasteiger charge is 2.45. The predicted molar refractivity (Wildman–Crippen MR) is 129 cm³/mol. The van der Waals surface area contributed by atoms with Crippen LogP contribution in [0.4, 0.5) is 30.8 Å². The number of ether oxygens (including phenoxy) is 1. The van der Waals surface area contributed by atoms with E-state index in [4.69, 9.17) is 16.3 Å². The standard InChI is InChI=1S/C22H20ClF3N6O4S/c1-37(34,35)32-17(33)13-2-8-16(9-3-13)27-18-28-19(30-20(29-18)36-12-22(24,25)26)31-21(10-11-21)14-4-6-15(23)7-5-14/h2-9H,10-12H2,1H3,(H,32,33)(H2,27,28,29,30,31). The van der Waals surface area contributed by atoms with E-state index < -0.39 is 40.3 Å². The first-order valence-electron chi connectivity index (χ1n) is 10.7. The zero-order valence-corrected chi connectivity index (χ0v) is 20.7. The summed E-state index contributed by atoms with van der Waals surface area (Å²) in [5.41, 5.74) is 0.835. The summed E-state index contributed by atoms with van der Waals surface area (Å²) in [6.07, 6.45) is -2.28. The lowest BCUT2D eigenvalue weighted by Crippen LogP contribution is -2.29. The van der Waals surface area contributed by atoms with E-state index in [1.807, 2.05) is 16.9 Å². The quantitative estimate of drug-likeness (QED) is 0.357. The van der Waals surface area contributed by atoms with Gasteiger partial charge >= 0.3 is 12.2 Å². The smallest absolute Gasteiger partial charge is 0.422 e. The van der Waals surface area contributed by atoms with Crippen molar-refractivity contribution in [1.29, 1.82) is 0 Å². The molecule has 1 aromatic heterocycles. The molecule has 0 bridgehead atoms. The van der Waals surface area contributed by atoms with Crippen LogP contribution >= 0.6 is 11.6 Å². The molecule has 1 heterocycles. The van der Waals surface area contributed by atoms with Gasteiger partial charge in [0.05, 0.1) is 11.8 Å². The van der Waals surface area contributed by atoms with Gasteiger partial charge in [-0.15, -0.1) is 0 Å². The van der Waals surface area contributed by atoms with Crippen LogP contribution in [0, 0.1) is 0 Å². The Hall–Kier alpha value is -3.65. The number of hydrogen-bond donors (Lipinski definition) is 3. The maximum absolute atomic E-state index is 12.7. The summed E-state index contributed by atoms with van der Waals surface area (Å²) < 4.78 is 67.3. The largest absolute Gasteiger partial charge is 0.454 e. The van der Waals surface area contributed by atoms with Crippen LogP contribution in [0.5, 0.6) is 6.01 Å². The van der Waals surface area contributed by atoms with Crippen molar-refractivity contribution in [2.45, 2.75) is 24.6 Å². The third kappa shape index (κ3) is 7.43. The lowest BCUT2D eigenvalue weighted by molar-refractivity contribution is -0.154. The Morgan fingerprint density at radius 2 is 1.65 bits per heavy atom. The zero-order valence-electron chi connectivity index (χ0n) is 19.1. The molecule has 0 unspecified atom stereocenters. The van der Waals surface area contributed by atoms with Crippen molar-refractivity contribution in [3.63, 3.8) is 0 Å². The fourth-order valence-electron chi connectivity index (χ4n) is 3.33. The number of hydrogen-bond acceptors (Lipinski definition) is 9. The minimum absolute atomic E-state index is 0.00808. The van der Waals surface area contributed by atoms with Crippen molar-refractivity contribution in [1.82, 2.24) is 19.7 Å². The number of anilines is 3. The summed E-state index contributed by atoms with van der Waals surface area (Å²) in [4.78, 5) is 24.1. The number of nitrogens with zero attached hydrogens (tertiary/aromatic N) is 3. The van der Waals surface area contributed by atoms with Gasteiger partial charge in [0, 0.05) is 16.3 Å². The van der Waals surface area contributed by atoms with Gasteiger partial charge in [-0.2, -0.15) is 28.1 Å². The van der Waals surface area contributed by atoms with Gasteiger partial charge in [-0.25, -0.2) is 13.1 Å². The summed E-state index contributed by atoms with van der Waals surface area (Å²) in [6.45, 7) is -1.59. The van der Waals surface area contributed by atoms with Gasteiger partial charge in [0.1, 0.15) is 0 Å². The molecule has 3 aromatic rings. The van der Waals surface area contributed by atoms with Crippen LogP contribution in [0.25, 0.3) is 0 Å². The monoisotopic (exact) mass is 556 g/mol. The molecule has 1 aliphatic rings. The minimum atomic E-state index is -4.60. The van der Waals surface area contributed by atoms with Gasteiger partial charge in [-0.05, 0) is 54.8 Å². The maximum Gasteiger partial charge on any atom is 0.422 e. The van der Waals surface area contributed by atoms with E-state index in [1.54, 1.807) is 12.1 Å². The molecule has 2 aromatic carbocycles. The molecule has 0 spiro atoms. The number of sulfonamides is 1. The lowest BCUT2D eigenvalue weighted by atomic mass is 10.1. The highest BCUT2D eigenvalue weighted by Crippen LogP contribution is 2.48. The van der Waals surface area contributed by atoms with Gasteiger partial charge in [0.2, 0.25) is 21.9 Å². The highest BCUT2D eigenvalue weighted by molar-refractivity contribution is 7.89. The summed E-state index contributed by atoms with van der Waals surface area (Å²) in [6, 6.07) is 12.2. The summed E-state index contributed by atoms with van der Waals surface area (Å²) in [7, 11) is -3.74. The molecule has 4 rings (SSSR count). The van der Waals surface area contributed by atoms with Crippen molar-refractivity contribution in [2.75, 3.05) is 23.5 Å². The Bertz CT molecular complexity index is 1400. The van der Waals surface area contributed by atoms with Crippen molar-refractivity contribution in [2.24, 2.45) is 0 Å². The van der Waals surface area contributed by atoms with Crippen LogP contribution in [0.1, 0.15) is 28.8 Å². The molecular weight excluding hydrogens is 537 g/mol. The molecule has 0 atom stereocenters. The highest BCUT2D eigenvalue weighted by atomic mass is 35.5. The van der Waals surface area contributed by atoms with Gasteiger partial charge < -0.3 is 15.4 Å². The fraction of sp³-hybridized carbons (Fsp3) is 0.273. The van der Waals surface area contributed by atoms with Crippen molar-refractivity contribution in [3.05, 3.63) is 64.7 Å². The second-order valence-corrected chi connectivity index (χ2v) is 10.5. The third-order valence-corrected chi connectivity index (χ3v) is 5.97. The van der Waals surface area contributed by atoms with E-state index in [2.05, 4.69) is 25.6 Å². The molecule has 15 heteroatoms.